The second-order valence-electron chi connectivity index (χ2n) is 2.67. The highest BCUT2D eigenvalue weighted by Crippen LogP contribution is 2.26. The molecule has 0 radical (unpaired) electrons. The molecule has 0 bridgehead atoms. The Balaban J connectivity index is 3.45. The number of halogens is 3. The molecule has 1 heterocycles. The molecule has 0 saturated carbocycles. The number of carbonyl (C=O) groups is 1. The zero-order chi connectivity index (χ0) is 11.6. The molecule has 1 aromatic heterocycles. The van der Waals surface area contributed by atoms with Gasteiger partial charge in [0.2, 0.25) is 0 Å². The molecule has 0 saturated heterocycles. The number of nitrogens with two attached hydrogens (primary N) is 1. The molecule has 0 aliphatic carbocycles. The standard InChI is InChI=1S/C8H7F2IN2O2/c9-7(10)3-1-5(11)13-6(8(14)15)4(3)2-12/h1,7H,2,12H2,(H,14,15). The van der Waals surface area contributed by atoms with Crippen molar-refractivity contribution in [2.45, 2.75) is 13.0 Å². The molecular weight excluding hydrogens is 321 g/mol. The van der Waals surface area contributed by atoms with Gasteiger partial charge in [0, 0.05) is 17.7 Å². The summed E-state index contributed by atoms with van der Waals surface area (Å²) in [5.74, 6) is -1.35. The predicted molar refractivity (Wildman–Crippen MR) is 56.8 cm³/mol. The van der Waals surface area contributed by atoms with Crippen LogP contribution in [-0.4, -0.2) is 16.1 Å². The Hall–Kier alpha value is -0.830. The summed E-state index contributed by atoms with van der Waals surface area (Å²) in [6.07, 6.45) is -2.75. The van der Waals surface area contributed by atoms with Crippen molar-refractivity contribution in [2.24, 2.45) is 5.73 Å². The molecule has 0 aliphatic heterocycles. The van der Waals surface area contributed by atoms with Crippen LogP contribution in [0.5, 0.6) is 0 Å². The molecule has 4 nitrogen and oxygen atoms in total. The third-order valence-corrected chi connectivity index (χ3v) is 2.32. The maximum Gasteiger partial charge on any atom is 0.354 e. The molecule has 1 aromatic rings. The van der Waals surface area contributed by atoms with E-state index in [2.05, 4.69) is 4.98 Å². The lowest BCUT2D eigenvalue weighted by molar-refractivity contribution is 0.0688. The molecule has 15 heavy (non-hydrogen) atoms. The van der Waals surface area contributed by atoms with Crippen molar-refractivity contribution in [3.8, 4) is 0 Å². The predicted octanol–water partition coefficient (Wildman–Crippen LogP) is 1.78. The summed E-state index contributed by atoms with van der Waals surface area (Å²) in [5, 5.41) is 8.76. The van der Waals surface area contributed by atoms with E-state index in [4.69, 9.17) is 10.8 Å². The summed E-state index contributed by atoms with van der Waals surface area (Å²) in [5.41, 5.74) is 4.36. The van der Waals surface area contributed by atoms with Gasteiger partial charge in [-0.25, -0.2) is 18.6 Å². The zero-order valence-corrected chi connectivity index (χ0v) is 9.53. The first-order valence-corrected chi connectivity index (χ1v) is 4.96. The van der Waals surface area contributed by atoms with Crippen LogP contribution in [0.15, 0.2) is 6.07 Å². The molecule has 1 rings (SSSR count). The van der Waals surface area contributed by atoms with Gasteiger partial charge in [0.15, 0.2) is 5.69 Å². The SMILES string of the molecule is NCc1c(C(F)F)cc(I)nc1C(=O)O. The number of carboxylic acid groups (broad SMARTS) is 1. The van der Waals surface area contributed by atoms with E-state index in [0.717, 1.165) is 6.07 Å². The second kappa shape index (κ2) is 4.79. The maximum absolute atomic E-state index is 12.6. The summed E-state index contributed by atoms with van der Waals surface area (Å²) in [6.45, 7) is -0.273. The van der Waals surface area contributed by atoms with Crippen LogP contribution < -0.4 is 5.73 Å². The Bertz CT molecular complexity index is 398. The molecule has 0 amide bonds. The first-order valence-electron chi connectivity index (χ1n) is 3.88. The number of rotatable bonds is 3. The minimum absolute atomic E-state index is 0.113. The van der Waals surface area contributed by atoms with E-state index in [1.807, 2.05) is 0 Å². The van der Waals surface area contributed by atoms with Crippen molar-refractivity contribution >= 4 is 28.6 Å². The lowest BCUT2D eigenvalue weighted by Crippen LogP contribution is -2.14. The van der Waals surface area contributed by atoms with Gasteiger partial charge < -0.3 is 10.8 Å². The molecule has 7 heteroatoms. The normalized spacial score (nSPS) is 10.7. The first kappa shape index (κ1) is 12.2. The van der Waals surface area contributed by atoms with Crippen molar-refractivity contribution < 1.29 is 18.7 Å². The maximum atomic E-state index is 12.6. The van der Waals surface area contributed by atoms with Gasteiger partial charge in [-0.2, -0.15) is 0 Å². The third-order valence-electron chi connectivity index (χ3n) is 1.77. The van der Waals surface area contributed by atoms with Crippen molar-refractivity contribution in [1.82, 2.24) is 4.98 Å². The zero-order valence-electron chi connectivity index (χ0n) is 7.38. The number of carboxylic acids is 1. The van der Waals surface area contributed by atoms with Crippen LogP contribution in [0.25, 0.3) is 0 Å². The van der Waals surface area contributed by atoms with Crippen molar-refractivity contribution in [2.75, 3.05) is 0 Å². The van der Waals surface area contributed by atoms with Gasteiger partial charge in [0.05, 0.1) is 0 Å². The fourth-order valence-electron chi connectivity index (χ4n) is 1.14. The highest BCUT2D eigenvalue weighted by Gasteiger charge is 2.21. The van der Waals surface area contributed by atoms with Gasteiger partial charge in [-0.15, -0.1) is 0 Å². The number of alkyl halides is 2. The van der Waals surface area contributed by atoms with Crippen molar-refractivity contribution in [3.05, 3.63) is 26.6 Å². The van der Waals surface area contributed by atoms with Crippen LogP contribution in [0.4, 0.5) is 8.78 Å². The number of pyridine rings is 1. The number of hydrogen-bond donors (Lipinski definition) is 2. The minimum atomic E-state index is -2.75. The molecule has 0 spiro atoms. The number of aromatic carboxylic acids is 1. The monoisotopic (exact) mass is 328 g/mol. The Kier molecular flexibility index (Phi) is 3.91. The van der Waals surface area contributed by atoms with E-state index in [0.29, 0.717) is 0 Å². The van der Waals surface area contributed by atoms with Crippen LogP contribution in [0.1, 0.15) is 28.0 Å². The average molecular weight is 328 g/mol. The van der Waals surface area contributed by atoms with E-state index in [1.54, 1.807) is 22.6 Å². The van der Waals surface area contributed by atoms with Gasteiger partial charge in [-0.05, 0) is 28.7 Å². The lowest BCUT2D eigenvalue weighted by atomic mass is 10.1. The van der Waals surface area contributed by atoms with E-state index in [-0.39, 0.29) is 21.4 Å². The smallest absolute Gasteiger partial charge is 0.354 e. The van der Waals surface area contributed by atoms with Crippen LogP contribution in [0.2, 0.25) is 0 Å². The Morgan fingerprint density at radius 2 is 2.27 bits per heavy atom. The largest absolute Gasteiger partial charge is 0.477 e. The molecular formula is C8H7F2IN2O2. The quantitative estimate of drug-likeness (QED) is 0.655. The number of aromatic nitrogens is 1. The van der Waals surface area contributed by atoms with Crippen LogP contribution in [0, 0.1) is 3.70 Å². The van der Waals surface area contributed by atoms with E-state index in [9.17, 15) is 13.6 Å². The van der Waals surface area contributed by atoms with Crippen LogP contribution in [-0.2, 0) is 6.54 Å². The Morgan fingerprint density at radius 1 is 1.67 bits per heavy atom. The van der Waals surface area contributed by atoms with E-state index < -0.39 is 18.1 Å². The fourth-order valence-corrected chi connectivity index (χ4v) is 1.72. The van der Waals surface area contributed by atoms with Crippen LogP contribution in [0.3, 0.4) is 0 Å². The molecule has 0 unspecified atom stereocenters. The van der Waals surface area contributed by atoms with Crippen molar-refractivity contribution in [1.29, 1.82) is 0 Å². The molecule has 0 fully saturated rings. The van der Waals surface area contributed by atoms with Crippen LogP contribution >= 0.6 is 22.6 Å². The highest BCUT2D eigenvalue weighted by atomic mass is 127. The minimum Gasteiger partial charge on any atom is -0.477 e. The lowest BCUT2D eigenvalue weighted by Gasteiger charge is -2.10. The van der Waals surface area contributed by atoms with E-state index >= 15 is 0 Å². The summed E-state index contributed by atoms with van der Waals surface area (Å²) >= 11 is 1.68. The number of nitrogens with zero attached hydrogens (tertiary/aromatic N) is 1. The second-order valence-corrected chi connectivity index (χ2v) is 3.78. The summed E-state index contributed by atoms with van der Waals surface area (Å²) in [6, 6.07) is 1.14. The average Bonchev–Trinajstić information content (AvgIpc) is 2.16. The number of hydrogen-bond acceptors (Lipinski definition) is 3. The van der Waals surface area contributed by atoms with Gasteiger partial charge in [-0.1, -0.05) is 0 Å². The summed E-state index contributed by atoms with van der Waals surface area (Å²) < 4.78 is 25.3. The summed E-state index contributed by atoms with van der Waals surface area (Å²) in [7, 11) is 0. The molecule has 3 N–H and O–H groups in total. The summed E-state index contributed by atoms with van der Waals surface area (Å²) in [4.78, 5) is 14.4. The van der Waals surface area contributed by atoms with Gasteiger partial charge >= 0.3 is 5.97 Å². The fraction of sp³-hybridized carbons (Fsp3) is 0.250. The van der Waals surface area contributed by atoms with Crippen molar-refractivity contribution in [3.63, 3.8) is 0 Å². The van der Waals surface area contributed by atoms with E-state index in [1.165, 1.54) is 0 Å². The first-order chi connectivity index (χ1) is 6.97. The van der Waals surface area contributed by atoms with Gasteiger partial charge in [0.25, 0.3) is 6.43 Å². The molecule has 0 aliphatic rings. The molecule has 0 aromatic carbocycles. The molecule has 82 valence electrons. The van der Waals surface area contributed by atoms with Gasteiger partial charge in [-0.3, -0.25) is 0 Å². The Morgan fingerprint density at radius 3 is 2.67 bits per heavy atom. The highest BCUT2D eigenvalue weighted by molar-refractivity contribution is 14.1. The van der Waals surface area contributed by atoms with Gasteiger partial charge in [0.1, 0.15) is 3.70 Å². The Labute approximate surface area is 97.6 Å². The molecule has 0 atom stereocenters. The topological polar surface area (TPSA) is 76.2 Å². The third kappa shape index (κ3) is 2.59.